The summed E-state index contributed by atoms with van der Waals surface area (Å²) in [6.07, 6.45) is 1.69. The normalized spacial score (nSPS) is 13.1. The molecule has 0 radical (unpaired) electrons. The van der Waals surface area contributed by atoms with Crippen LogP contribution in [0.25, 0.3) is 0 Å². The molecule has 0 aromatic heterocycles. The lowest BCUT2D eigenvalue weighted by molar-refractivity contribution is 0.112. The van der Waals surface area contributed by atoms with Crippen LogP contribution in [-0.4, -0.2) is 26.7 Å². The van der Waals surface area contributed by atoms with Crippen molar-refractivity contribution in [3.63, 3.8) is 0 Å². The smallest absolute Gasteiger partial charge is 0.150 e. The summed E-state index contributed by atoms with van der Waals surface area (Å²) in [6, 6.07) is 22.6. The molecular formula is C39H36O5. The van der Waals surface area contributed by atoms with Crippen molar-refractivity contribution in [2.45, 2.75) is 52.9 Å². The molecule has 0 heterocycles. The van der Waals surface area contributed by atoms with Gasteiger partial charge in [0.15, 0.2) is 0 Å². The number of carbonyl (C=O) groups excluding carboxylic acids is 1. The van der Waals surface area contributed by atoms with Crippen LogP contribution in [-0.2, 0) is 19.3 Å². The zero-order valence-electron chi connectivity index (χ0n) is 25.4. The zero-order chi connectivity index (χ0) is 31.3. The Morgan fingerprint density at radius 2 is 0.818 bits per heavy atom. The van der Waals surface area contributed by atoms with Gasteiger partial charge < -0.3 is 20.4 Å². The molecule has 0 amide bonds. The van der Waals surface area contributed by atoms with E-state index < -0.39 is 5.92 Å². The quantitative estimate of drug-likeness (QED) is 0.156. The minimum atomic E-state index is -0.566. The second-order valence-electron chi connectivity index (χ2n) is 12.3. The maximum atomic E-state index is 11.9. The van der Waals surface area contributed by atoms with Gasteiger partial charge in [-0.25, -0.2) is 0 Å². The van der Waals surface area contributed by atoms with Crippen LogP contribution in [0, 0.1) is 27.7 Å². The SMILES string of the molecule is Cc1cc2c(O)c(c1)Cc1cc(C)cc(c1O)C(c1ccc(C=O)cc1)c1cc(C)cc(c1O)Cc1cc(C)cc(c1O)C2. The van der Waals surface area contributed by atoms with Crippen LogP contribution >= 0.6 is 0 Å². The summed E-state index contributed by atoms with van der Waals surface area (Å²) in [5, 5.41) is 46.8. The fourth-order valence-electron chi connectivity index (χ4n) is 6.79. The van der Waals surface area contributed by atoms with Crippen molar-refractivity contribution < 1.29 is 25.2 Å². The van der Waals surface area contributed by atoms with Gasteiger partial charge in [-0.2, -0.15) is 0 Å². The second kappa shape index (κ2) is 11.2. The molecule has 0 spiro atoms. The highest BCUT2D eigenvalue weighted by Gasteiger charge is 2.28. The number of carbonyl (C=O) groups is 1. The van der Waals surface area contributed by atoms with E-state index in [4.69, 9.17) is 0 Å². The van der Waals surface area contributed by atoms with Gasteiger partial charge in [-0.15, -0.1) is 0 Å². The van der Waals surface area contributed by atoms with Crippen molar-refractivity contribution in [1.82, 2.24) is 0 Å². The van der Waals surface area contributed by atoms with Crippen molar-refractivity contribution in [2.75, 3.05) is 0 Å². The van der Waals surface area contributed by atoms with Gasteiger partial charge in [0, 0.05) is 41.9 Å². The molecule has 1 aliphatic rings. The van der Waals surface area contributed by atoms with Gasteiger partial charge >= 0.3 is 0 Å². The molecule has 6 rings (SSSR count). The molecule has 0 fully saturated rings. The van der Waals surface area contributed by atoms with Crippen LogP contribution in [0.4, 0.5) is 0 Å². The number of phenolic OH excluding ortho intramolecular Hbond substituents is 4. The van der Waals surface area contributed by atoms with Crippen LogP contribution < -0.4 is 0 Å². The van der Waals surface area contributed by atoms with Crippen molar-refractivity contribution in [3.05, 3.63) is 151 Å². The third-order valence-corrected chi connectivity index (χ3v) is 8.72. The highest BCUT2D eigenvalue weighted by atomic mass is 16.3. The Labute approximate surface area is 257 Å². The van der Waals surface area contributed by atoms with Gasteiger partial charge in [0.1, 0.15) is 29.3 Å². The largest absolute Gasteiger partial charge is 0.507 e. The standard InChI is InChI=1S/C39H36O5/c1-21-9-27-17-28-10-22(2)12-30(37(28)42)19-32-14-24(4)16-34(39(32)44)35(26-7-5-25(20-40)6-8-26)33-15-23(3)13-31(38(33)43)18-29(11-21)36(27)41/h5-16,20,35,41-44H,17-19H2,1-4H3. The first kappa shape index (κ1) is 29.1. The first-order valence-corrected chi connectivity index (χ1v) is 14.8. The summed E-state index contributed by atoms with van der Waals surface area (Å²) in [4.78, 5) is 11.5. The predicted molar refractivity (Wildman–Crippen MR) is 173 cm³/mol. The maximum Gasteiger partial charge on any atom is 0.150 e. The predicted octanol–water partition coefficient (Wildman–Crippen LogP) is 7.82. The summed E-state index contributed by atoms with van der Waals surface area (Å²) >= 11 is 0. The number of fused-ring (bicyclic) bond motifs is 8. The van der Waals surface area contributed by atoms with Crippen molar-refractivity contribution >= 4 is 6.29 Å². The molecular weight excluding hydrogens is 548 g/mol. The molecule has 5 aromatic carbocycles. The van der Waals surface area contributed by atoms with Gasteiger partial charge in [0.05, 0.1) is 0 Å². The first-order chi connectivity index (χ1) is 21.0. The number of aromatic hydroxyl groups is 4. The summed E-state index contributed by atoms with van der Waals surface area (Å²) in [7, 11) is 0. The van der Waals surface area contributed by atoms with Crippen LogP contribution in [0.15, 0.2) is 72.8 Å². The molecule has 0 unspecified atom stereocenters. The average Bonchev–Trinajstić information content (AvgIpc) is 2.98. The number of phenols is 4. The lowest BCUT2D eigenvalue weighted by Gasteiger charge is -2.25. The highest BCUT2D eigenvalue weighted by molar-refractivity contribution is 5.75. The number of hydrogen-bond acceptors (Lipinski definition) is 5. The second-order valence-corrected chi connectivity index (χ2v) is 12.3. The lowest BCUT2D eigenvalue weighted by Crippen LogP contribution is -2.09. The Hall–Kier alpha value is -5.03. The fourth-order valence-corrected chi connectivity index (χ4v) is 6.79. The van der Waals surface area contributed by atoms with E-state index in [0.29, 0.717) is 56.5 Å². The van der Waals surface area contributed by atoms with Gasteiger partial charge in [-0.1, -0.05) is 95.1 Å². The summed E-state index contributed by atoms with van der Waals surface area (Å²) in [6.45, 7) is 7.89. The van der Waals surface area contributed by atoms with Crippen molar-refractivity contribution in [1.29, 1.82) is 0 Å². The average molecular weight is 585 g/mol. The van der Waals surface area contributed by atoms with Crippen molar-refractivity contribution in [2.24, 2.45) is 0 Å². The Balaban J connectivity index is 1.69. The van der Waals surface area contributed by atoms with Gasteiger partial charge in [-0.05, 0) is 66.6 Å². The van der Waals surface area contributed by atoms with E-state index in [1.165, 1.54) is 0 Å². The fraction of sp³-hybridized carbons (Fsp3) is 0.205. The summed E-state index contributed by atoms with van der Waals surface area (Å²) in [5.74, 6) is -0.0884. The van der Waals surface area contributed by atoms with Crippen LogP contribution in [0.1, 0.15) is 88.6 Å². The van der Waals surface area contributed by atoms with Gasteiger partial charge in [0.25, 0.3) is 0 Å². The van der Waals surface area contributed by atoms with E-state index in [0.717, 1.165) is 34.1 Å². The number of hydrogen-bond donors (Lipinski definition) is 4. The molecule has 44 heavy (non-hydrogen) atoms. The molecule has 0 saturated carbocycles. The molecule has 4 N–H and O–H groups in total. The monoisotopic (exact) mass is 584 g/mol. The van der Waals surface area contributed by atoms with Gasteiger partial charge in [-0.3, -0.25) is 4.79 Å². The van der Waals surface area contributed by atoms with E-state index >= 15 is 0 Å². The van der Waals surface area contributed by atoms with Crippen LogP contribution in [0.5, 0.6) is 23.0 Å². The van der Waals surface area contributed by atoms with Gasteiger partial charge in [0.2, 0.25) is 0 Å². The molecule has 5 aromatic rings. The topological polar surface area (TPSA) is 98.0 Å². The Bertz CT molecular complexity index is 1820. The minimum absolute atomic E-state index is 0.0931. The zero-order valence-corrected chi connectivity index (χ0v) is 25.4. The first-order valence-electron chi connectivity index (χ1n) is 14.8. The molecule has 0 aliphatic heterocycles. The van der Waals surface area contributed by atoms with E-state index in [9.17, 15) is 25.2 Å². The molecule has 222 valence electrons. The molecule has 0 atom stereocenters. The Morgan fingerprint density at radius 1 is 0.500 bits per heavy atom. The summed E-state index contributed by atoms with van der Waals surface area (Å²) in [5.41, 5.74) is 10.4. The van der Waals surface area contributed by atoms with E-state index in [1.807, 2.05) is 88.4 Å². The number of aryl methyl sites for hydroxylation is 4. The lowest BCUT2D eigenvalue weighted by atomic mass is 9.80. The Morgan fingerprint density at radius 3 is 1.16 bits per heavy atom. The molecule has 5 heteroatoms. The molecule has 8 bridgehead atoms. The van der Waals surface area contributed by atoms with Crippen molar-refractivity contribution in [3.8, 4) is 23.0 Å². The number of benzene rings is 5. The Kier molecular flexibility index (Phi) is 7.42. The molecule has 1 aliphatic carbocycles. The maximum absolute atomic E-state index is 11.9. The van der Waals surface area contributed by atoms with E-state index in [2.05, 4.69) is 0 Å². The third kappa shape index (κ3) is 5.30. The minimum Gasteiger partial charge on any atom is -0.507 e. The molecule has 0 saturated heterocycles. The third-order valence-electron chi connectivity index (χ3n) is 8.72. The van der Waals surface area contributed by atoms with E-state index in [-0.39, 0.29) is 35.8 Å². The van der Waals surface area contributed by atoms with E-state index in [1.54, 1.807) is 12.1 Å². The number of rotatable bonds is 2. The summed E-state index contributed by atoms with van der Waals surface area (Å²) < 4.78 is 0. The van der Waals surface area contributed by atoms with Crippen LogP contribution in [0.2, 0.25) is 0 Å². The highest BCUT2D eigenvalue weighted by Crippen LogP contribution is 2.45. The molecule has 5 nitrogen and oxygen atoms in total. The van der Waals surface area contributed by atoms with Crippen LogP contribution in [0.3, 0.4) is 0 Å². The number of aldehydes is 1.